The van der Waals surface area contributed by atoms with Gasteiger partial charge in [0.1, 0.15) is 5.65 Å². The monoisotopic (exact) mass is 354 g/mol. The Morgan fingerprint density at radius 2 is 2.24 bits per heavy atom. The number of pyridine rings is 1. The number of amides is 1. The Hall–Kier alpha value is -2.21. The van der Waals surface area contributed by atoms with Crippen LogP contribution in [0.3, 0.4) is 0 Å². The number of H-pyrrole nitrogens is 1. The molecule has 1 aliphatic carbocycles. The molecule has 1 amide bonds. The molecule has 0 radical (unpaired) electrons. The molecule has 1 fully saturated rings. The van der Waals surface area contributed by atoms with Crippen molar-refractivity contribution in [3.63, 3.8) is 0 Å². The fraction of sp³-hybridized carbons (Fsp3) is 0.421. The lowest BCUT2D eigenvalue weighted by Crippen LogP contribution is -2.24. The van der Waals surface area contributed by atoms with Crippen molar-refractivity contribution in [2.75, 3.05) is 0 Å². The molecule has 130 valence electrons. The second-order valence-corrected chi connectivity index (χ2v) is 7.63. The van der Waals surface area contributed by atoms with Crippen molar-refractivity contribution in [3.05, 3.63) is 46.0 Å². The molecule has 0 saturated heterocycles. The minimum Gasteiger partial charge on any atom is -0.345 e. The van der Waals surface area contributed by atoms with Gasteiger partial charge in [-0.2, -0.15) is 4.99 Å². The number of nitrogens with one attached hydrogen (secondary N) is 1. The summed E-state index contributed by atoms with van der Waals surface area (Å²) in [4.78, 5) is 25.2. The van der Waals surface area contributed by atoms with Crippen LogP contribution in [0.4, 0.5) is 0 Å². The van der Waals surface area contributed by atoms with Gasteiger partial charge in [0.25, 0.3) is 5.91 Å². The number of aryl methyl sites for hydroxylation is 1. The average molecular weight is 354 g/mol. The van der Waals surface area contributed by atoms with E-state index in [1.54, 1.807) is 23.7 Å². The largest absolute Gasteiger partial charge is 0.345 e. The van der Waals surface area contributed by atoms with Crippen molar-refractivity contribution >= 4 is 28.3 Å². The third-order valence-electron chi connectivity index (χ3n) is 5.04. The zero-order chi connectivity index (χ0) is 17.2. The Morgan fingerprint density at radius 3 is 3.08 bits per heavy atom. The fourth-order valence-electron chi connectivity index (χ4n) is 3.63. The van der Waals surface area contributed by atoms with E-state index in [2.05, 4.69) is 31.8 Å². The number of rotatable bonds is 3. The Morgan fingerprint density at radius 1 is 1.40 bits per heavy atom. The van der Waals surface area contributed by atoms with Crippen molar-refractivity contribution in [2.24, 2.45) is 10.9 Å². The molecule has 25 heavy (non-hydrogen) atoms. The molecule has 6 heteroatoms. The molecule has 3 aromatic rings. The Balaban J connectivity index is 1.66. The number of fused-ring (bicyclic) bond motifs is 1. The van der Waals surface area contributed by atoms with E-state index >= 15 is 0 Å². The highest BCUT2D eigenvalue weighted by Crippen LogP contribution is 2.25. The van der Waals surface area contributed by atoms with Gasteiger partial charge >= 0.3 is 0 Å². The molecule has 3 heterocycles. The Labute approximate surface area is 150 Å². The molecule has 3 aromatic heterocycles. The topological polar surface area (TPSA) is 63.0 Å². The second-order valence-electron chi connectivity index (χ2n) is 6.79. The summed E-state index contributed by atoms with van der Waals surface area (Å²) in [6, 6.07) is 3.74. The summed E-state index contributed by atoms with van der Waals surface area (Å²) in [5.41, 5.74) is 2.49. The number of carbonyl (C=O) groups is 1. The van der Waals surface area contributed by atoms with Crippen LogP contribution in [0, 0.1) is 12.8 Å². The second kappa shape index (κ2) is 6.96. The van der Waals surface area contributed by atoms with Crippen LogP contribution in [0.25, 0.3) is 11.0 Å². The standard InChI is InChI=1S/C19H22N4OS/c1-13-12-25-19(23(13)11-14-6-3-2-4-7-14)22-18(24)16-10-21-17-15(16)8-5-9-20-17/h5,8-10,12,14H,2-4,6-7,11H2,1H3,(H,20,21)/b22-19-. The highest BCUT2D eigenvalue weighted by molar-refractivity contribution is 7.07. The van der Waals surface area contributed by atoms with Gasteiger partial charge in [0.15, 0.2) is 4.80 Å². The van der Waals surface area contributed by atoms with Gasteiger partial charge in [0.05, 0.1) is 5.56 Å². The normalized spacial score (nSPS) is 16.6. The smallest absolute Gasteiger partial charge is 0.281 e. The van der Waals surface area contributed by atoms with Gasteiger partial charge in [-0.25, -0.2) is 4.98 Å². The molecule has 0 atom stereocenters. The van der Waals surface area contributed by atoms with E-state index in [0.717, 1.165) is 22.4 Å². The number of thiazole rings is 1. The van der Waals surface area contributed by atoms with Crippen LogP contribution in [-0.2, 0) is 6.54 Å². The van der Waals surface area contributed by atoms with Crippen LogP contribution in [0.1, 0.15) is 48.2 Å². The first-order valence-corrected chi connectivity index (χ1v) is 9.76. The summed E-state index contributed by atoms with van der Waals surface area (Å²) in [7, 11) is 0. The van der Waals surface area contributed by atoms with Crippen LogP contribution in [-0.4, -0.2) is 20.4 Å². The summed E-state index contributed by atoms with van der Waals surface area (Å²) < 4.78 is 2.21. The molecule has 1 saturated carbocycles. The molecular weight excluding hydrogens is 332 g/mol. The molecular formula is C19H22N4OS. The molecule has 0 aromatic carbocycles. The maximum absolute atomic E-state index is 12.7. The van der Waals surface area contributed by atoms with E-state index < -0.39 is 0 Å². The summed E-state index contributed by atoms with van der Waals surface area (Å²) in [6.07, 6.45) is 9.98. The van der Waals surface area contributed by atoms with Gasteiger partial charge < -0.3 is 9.55 Å². The molecule has 0 unspecified atom stereocenters. The third-order valence-corrected chi connectivity index (χ3v) is 6.02. The summed E-state index contributed by atoms with van der Waals surface area (Å²) in [5.74, 6) is 0.492. The molecule has 0 bridgehead atoms. The number of nitrogens with zero attached hydrogens (tertiary/aromatic N) is 3. The first-order chi connectivity index (χ1) is 12.2. The maximum Gasteiger partial charge on any atom is 0.281 e. The minimum absolute atomic E-state index is 0.210. The first kappa shape index (κ1) is 16.3. The van der Waals surface area contributed by atoms with E-state index in [1.165, 1.54) is 37.8 Å². The summed E-state index contributed by atoms with van der Waals surface area (Å²) in [5, 5.41) is 2.91. The molecule has 0 aliphatic heterocycles. The molecule has 1 N–H and O–H groups in total. The number of hydrogen-bond acceptors (Lipinski definition) is 3. The van der Waals surface area contributed by atoms with Crippen LogP contribution < -0.4 is 4.80 Å². The first-order valence-electron chi connectivity index (χ1n) is 8.88. The third kappa shape index (κ3) is 3.31. The zero-order valence-corrected chi connectivity index (χ0v) is 15.2. The van der Waals surface area contributed by atoms with Crippen molar-refractivity contribution in [2.45, 2.75) is 45.6 Å². The lowest BCUT2D eigenvalue weighted by atomic mass is 9.89. The molecule has 0 spiro atoms. The zero-order valence-electron chi connectivity index (χ0n) is 14.4. The summed E-state index contributed by atoms with van der Waals surface area (Å²) >= 11 is 1.55. The average Bonchev–Trinajstić information content (AvgIpc) is 3.21. The van der Waals surface area contributed by atoms with Crippen molar-refractivity contribution in [3.8, 4) is 0 Å². The lowest BCUT2D eigenvalue weighted by Gasteiger charge is -2.22. The number of carbonyl (C=O) groups excluding carboxylic acids is 1. The predicted molar refractivity (Wildman–Crippen MR) is 99.6 cm³/mol. The van der Waals surface area contributed by atoms with Crippen molar-refractivity contribution in [1.82, 2.24) is 14.5 Å². The molecule has 1 aliphatic rings. The SMILES string of the molecule is Cc1cs/c(=N\C(=O)c2c[nH]c3ncccc23)n1CC1CCCCC1. The number of aromatic amines is 1. The van der Waals surface area contributed by atoms with Crippen LogP contribution >= 0.6 is 11.3 Å². The van der Waals surface area contributed by atoms with Gasteiger partial charge in [-0.05, 0) is 37.8 Å². The maximum atomic E-state index is 12.7. The lowest BCUT2D eigenvalue weighted by molar-refractivity contribution is 0.0999. The highest BCUT2D eigenvalue weighted by atomic mass is 32.1. The minimum atomic E-state index is -0.210. The van der Waals surface area contributed by atoms with Crippen LogP contribution in [0.15, 0.2) is 34.9 Å². The number of hydrogen-bond donors (Lipinski definition) is 1. The van der Waals surface area contributed by atoms with E-state index in [-0.39, 0.29) is 5.91 Å². The van der Waals surface area contributed by atoms with Crippen LogP contribution in [0.2, 0.25) is 0 Å². The molecule has 5 nitrogen and oxygen atoms in total. The van der Waals surface area contributed by atoms with Crippen LogP contribution in [0.5, 0.6) is 0 Å². The van der Waals surface area contributed by atoms with Gasteiger partial charge in [-0.1, -0.05) is 19.3 Å². The number of aromatic nitrogens is 3. The van der Waals surface area contributed by atoms with Gasteiger partial charge in [-0.3, -0.25) is 4.79 Å². The summed E-state index contributed by atoms with van der Waals surface area (Å²) in [6.45, 7) is 3.06. The van der Waals surface area contributed by atoms with Gasteiger partial charge in [-0.15, -0.1) is 11.3 Å². The fourth-order valence-corrected chi connectivity index (χ4v) is 4.52. The predicted octanol–water partition coefficient (Wildman–Crippen LogP) is 4.06. The highest BCUT2D eigenvalue weighted by Gasteiger charge is 2.17. The van der Waals surface area contributed by atoms with Gasteiger partial charge in [0, 0.05) is 35.4 Å². The van der Waals surface area contributed by atoms with Gasteiger partial charge in [0.2, 0.25) is 0 Å². The van der Waals surface area contributed by atoms with E-state index in [0.29, 0.717) is 11.5 Å². The Kier molecular flexibility index (Phi) is 4.53. The Bertz CT molecular complexity index is 959. The van der Waals surface area contributed by atoms with E-state index in [1.807, 2.05) is 12.1 Å². The molecule has 4 rings (SSSR count). The van der Waals surface area contributed by atoms with Crippen molar-refractivity contribution < 1.29 is 4.79 Å². The van der Waals surface area contributed by atoms with E-state index in [4.69, 9.17) is 0 Å². The van der Waals surface area contributed by atoms with E-state index in [9.17, 15) is 4.79 Å². The quantitative estimate of drug-likeness (QED) is 0.771. The van der Waals surface area contributed by atoms with Crippen molar-refractivity contribution in [1.29, 1.82) is 0 Å².